The molecule has 0 bridgehead atoms. The van der Waals surface area contributed by atoms with Crippen LogP contribution in [0.3, 0.4) is 0 Å². The predicted octanol–water partition coefficient (Wildman–Crippen LogP) is 3.60. The summed E-state index contributed by atoms with van der Waals surface area (Å²) in [5.74, 6) is 0.829. The second-order valence-electron chi connectivity index (χ2n) is 8.57. The second kappa shape index (κ2) is 8.53. The number of morpholine rings is 1. The Bertz CT molecular complexity index is 589. The van der Waals surface area contributed by atoms with Gasteiger partial charge >= 0.3 is 0 Å². The summed E-state index contributed by atoms with van der Waals surface area (Å²) in [5.41, 5.74) is 2.14. The molecule has 4 nitrogen and oxygen atoms in total. The molecule has 4 heteroatoms. The summed E-state index contributed by atoms with van der Waals surface area (Å²) < 4.78 is 5.84. The molecular weight excluding hydrogens is 324 g/mol. The molecule has 2 aliphatic heterocycles. The van der Waals surface area contributed by atoms with Gasteiger partial charge in [-0.15, -0.1) is 0 Å². The Morgan fingerprint density at radius 3 is 2.42 bits per heavy atom. The number of amides is 1. The van der Waals surface area contributed by atoms with E-state index in [4.69, 9.17) is 4.74 Å². The lowest BCUT2D eigenvalue weighted by molar-refractivity contribution is -0.0715. The van der Waals surface area contributed by atoms with Crippen molar-refractivity contribution in [1.82, 2.24) is 9.80 Å². The normalized spacial score (nSPS) is 27.3. The summed E-state index contributed by atoms with van der Waals surface area (Å²) in [4.78, 5) is 17.6. The monoisotopic (exact) mass is 358 g/mol. The van der Waals surface area contributed by atoms with E-state index in [-0.39, 0.29) is 18.1 Å². The summed E-state index contributed by atoms with van der Waals surface area (Å²) in [5, 5.41) is 0. The van der Waals surface area contributed by atoms with Crippen molar-refractivity contribution in [1.29, 1.82) is 0 Å². The number of carbonyl (C=O) groups excluding carboxylic acids is 1. The van der Waals surface area contributed by atoms with Crippen molar-refractivity contribution in [3.05, 3.63) is 35.4 Å². The van der Waals surface area contributed by atoms with Crippen LogP contribution in [0, 0.1) is 5.92 Å². The van der Waals surface area contributed by atoms with E-state index in [1.807, 2.05) is 12.1 Å². The minimum atomic E-state index is 0.193. The molecule has 0 aromatic heterocycles. The number of hydrogen-bond acceptors (Lipinski definition) is 3. The lowest BCUT2D eigenvalue weighted by atomic mass is 10.0. The lowest BCUT2D eigenvalue weighted by Gasteiger charge is -2.38. The molecule has 2 heterocycles. The van der Waals surface area contributed by atoms with Crippen molar-refractivity contribution >= 4 is 5.91 Å². The van der Waals surface area contributed by atoms with Crippen LogP contribution in [0.5, 0.6) is 0 Å². The molecule has 3 unspecified atom stereocenters. The maximum atomic E-state index is 13.0. The third kappa shape index (κ3) is 4.86. The average Bonchev–Trinajstić information content (AvgIpc) is 3.01. The van der Waals surface area contributed by atoms with Gasteiger partial charge in [0.25, 0.3) is 5.91 Å². The first-order chi connectivity index (χ1) is 12.4. The number of likely N-dealkylation sites (tertiary alicyclic amines) is 1. The molecule has 1 amide bonds. The Morgan fingerprint density at radius 2 is 1.81 bits per heavy atom. The van der Waals surface area contributed by atoms with Gasteiger partial charge in [-0.2, -0.15) is 0 Å². The van der Waals surface area contributed by atoms with Gasteiger partial charge in [0.2, 0.25) is 0 Å². The first-order valence-electron chi connectivity index (χ1n) is 10.2. The Balaban J connectivity index is 1.62. The van der Waals surface area contributed by atoms with Crippen LogP contribution < -0.4 is 0 Å². The van der Waals surface area contributed by atoms with Gasteiger partial charge in [-0.1, -0.05) is 26.0 Å². The zero-order valence-electron chi connectivity index (χ0n) is 16.8. The Morgan fingerprint density at radius 1 is 1.15 bits per heavy atom. The van der Waals surface area contributed by atoms with Gasteiger partial charge in [0.1, 0.15) is 0 Å². The van der Waals surface area contributed by atoms with Crippen LogP contribution in [-0.4, -0.2) is 60.1 Å². The smallest absolute Gasteiger partial charge is 0.254 e. The fourth-order valence-electron chi connectivity index (χ4n) is 4.45. The van der Waals surface area contributed by atoms with Crippen molar-refractivity contribution < 1.29 is 9.53 Å². The molecule has 0 radical (unpaired) electrons. The highest BCUT2D eigenvalue weighted by Gasteiger charge is 2.32. The van der Waals surface area contributed by atoms with Crippen LogP contribution in [0.1, 0.15) is 56.5 Å². The van der Waals surface area contributed by atoms with Gasteiger partial charge < -0.3 is 9.64 Å². The van der Waals surface area contributed by atoms with Crippen LogP contribution >= 0.6 is 0 Å². The predicted molar refractivity (Wildman–Crippen MR) is 105 cm³/mol. The van der Waals surface area contributed by atoms with E-state index >= 15 is 0 Å². The number of hydrogen-bond donors (Lipinski definition) is 0. The molecule has 0 N–H and O–H groups in total. The highest BCUT2D eigenvalue weighted by Crippen LogP contribution is 2.23. The number of carbonyl (C=O) groups is 1. The number of rotatable bonds is 5. The molecule has 2 aliphatic rings. The van der Waals surface area contributed by atoms with Gasteiger partial charge in [0, 0.05) is 37.8 Å². The molecule has 1 aromatic carbocycles. The third-order valence-corrected chi connectivity index (χ3v) is 5.45. The van der Waals surface area contributed by atoms with Crippen molar-refractivity contribution in [2.24, 2.45) is 5.92 Å². The highest BCUT2D eigenvalue weighted by atomic mass is 16.5. The third-order valence-electron chi connectivity index (χ3n) is 5.45. The first-order valence-corrected chi connectivity index (χ1v) is 10.2. The van der Waals surface area contributed by atoms with E-state index in [1.165, 1.54) is 5.56 Å². The van der Waals surface area contributed by atoms with Crippen LogP contribution in [0.25, 0.3) is 0 Å². The zero-order chi connectivity index (χ0) is 18.7. The average molecular weight is 359 g/mol. The summed E-state index contributed by atoms with van der Waals surface area (Å²) in [6.45, 7) is 12.5. The molecule has 0 spiro atoms. The summed E-state index contributed by atoms with van der Waals surface area (Å²) in [6, 6.07) is 8.57. The molecule has 3 rings (SSSR count). The van der Waals surface area contributed by atoms with E-state index in [9.17, 15) is 4.79 Å². The molecular formula is C22H34N2O2. The maximum Gasteiger partial charge on any atom is 0.254 e. The van der Waals surface area contributed by atoms with E-state index < -0.39 is 0 Å². The summed E-state index contributed by atoms with van der Waals surface area (Å²) in [7, 11) is 0. The molecule has 2 fully saturated rings. The Hall–Kier alpha value is -1.39. The molecule has 1 aromatic rings. The molecule has 144 valence electrons. The molecule has 3 atom stereocenters. The van der Waals surface area contributed by atoms with Gasteiger partial charge in [0.05, 0.1) is 12.2 Å². The van der Waals surface area contributed by atoms with Gasteiger partial charge in [-0.3, -0.25) is 9.69 Å². The molecule has 0 aliphatic carbocycles. The quantitative estimate of drug-likeness (QED) is 0.806. The maximum absolute atomic E-state index is 13.0. The molecule has 0 saturated carbocycles. The standard InChI is InChI=1S/C22H34N2O2/c1-16(2)12-19-7-9-20(10-8-19)22(25)24-11-5-6-21(24)15-23-13-17(3)26-18(4)14-23/h7-10,16-18,21H,5-6,11-15H2,1-4H3. The number of nitrogens with zero attached hydrogens (tertiary/aromatic N) is 2. The highest BCUT2D eigenvalue weighted by molar-refractivity contribution is 5.94. The Labute approximate surface area is 158 Å². The van der Waals surface area contributed by atoms with E-state index in [2.05, 4.69) is 49.6 Å². The SMILES string of the molecule is CC(C)Cc1ccc(C(=O)N2CCCC2CN2CC(C)OC(C)C2)cc1. The van der Waals surface area contributed by atoms with Crippen LogP contribution in [0.4, 0.5) is 0 Å². The lowest BCUT2D eigenvalue weighted by Crippen LogP contribution is -2.50. The van der Waals surface area contributed by atoms with Gasteiger partial charge in [0.15, 0.2) is 0 Å². The largest absolute Gasteiger partial charge is 0.373 e. The zero-order valence-corrected chi connectivity index (χ0v) is 16.8. The van der Waals surface area contributed by atoms with Crippen molar-refractivity contribution in [2.75, 3.05) is 26.2 Å². The van der Waals surface area contributed by atoms with Crippen LogP contribution in [0.15, 0.2) is 24.3 Å². The summed E-state index contributed by atoms with van der Waals surface area (Å²) >= 11 is 0. The second-order valence-corrected chi connectivity index (χ2v) is 8.57. The molecule has 26 heavy (non-hydrogen) atoms. The minimum Gasteiger partial charge on any atom is -0.373 e. The molecule has 2 saturated heterocycles. The van der Waals surface area contributed by atoms with E-state index in [1.54, 1.807) is 0 Å². The summed E-state index contributed by atoms with van der Waals surface area (Å²) in [6.07, 6.45) is 3.83. The van der Waals surface area contributed by atoms with E-state index in [0.29, 0.717) is 12.0 Å². The van der Waals surface area contributed by atoms with Gasteiger partial charge in [-0.25, -0.2) is 0 Å². The fourth-order valence-corrected chi connectivity index (χ4v) is 4.45. The Kier molecular flexibility index (Phi) is 6.36. The first kappa shape index (κ1) is 19.4. The van der Waals surface area contributed by atoms with Crippen LogP contribution in [-0.2, 0) is 11.2 Å². The topological polar surface area (TPSA) is 32.8 Å². The van der Waals surface area contributed by atoms with Crippen molar-refractivity contribution in [3.8, 4) is 0 Å². The minimum absolute atomic E-state index is 0.193. The number of benzene rings is 1. The van der Waals surface area contributed by atoms with E-state index in [0.717, 1.165) is 51.0 Å². The van der Waals surface area contributed by atoms with Crippen molar-refractivity contribution in [3.63, 3.8) is 0 Å². The van der Waals surface area contributed by atoms with Gasteiger partial charge in [-0.05, 0) is 56.7 Å². The number of ether oxygens (including phenoxy) is 1. The van der Waals surface area contributed by atoms with Crippen molar-refractivity contribution in [2.45, 2.75) is 65.2 Å². The van der Waals surface area contributed by atoms with Crippen LogP contribution in [0.2, 0.25) is 0 Å². The fraction of sp³-hybridized carbons (Fsp3) is 0.682.